The number of sulfone groups is 1. The molecule has 0 spiro atoms. The molecule has 112 valence electrons. The Hall–Kier alpha value is -1.18. The van der Waals surface area contributed by atoms with Crippen LogP contribution in [-0.4, -0.2) is 20.1 Å². The lowest BCUT2D eigenvalue weighted by atomic mass is 10.2. The molecule has 0 aliphatic carbocycles. The van der Waals surface area contributed by atoms with Crippen LogP contribution < -0.4 is 5.32 Å². The minimum absolute atomic E-state index is 0.0474. The molecule has 4 nitrogen and oxygen atoms in total. The monoisotopic (exact) mass is 387 g/mol. The number of benzene rings is 1. The van der Waals surface area contributed by atoms with Gasteiger partial charge in [0.15, 0.2) is 9.84 Å². The van der Waals surface area contributed by atoms with E-state index < -0.39 is 9.84 Å². The molecule has 1 heterocycles. The van der Waals surface area contributed by atoms with Gasteiger partial charge >= 0.3 is 0 Å². The molecule has 0 saturated carbocycles. The first-order chi connectivity index (χ1) is 9.92. The van der Waals surface area contributed by atoms with E-state index in [2.05, 4.69) is 21.2 Å². The summed E-state index contributed by atoms with van der Waals surface area (Å²) in [6.45, 7) is 2.04. The smallest absolute Gasteiger partial charge is 0.251 e. The summed E-state index contributed by atoms with van der Waals surface area (Å²) in [6.07, 6.45) is 0. The minimum Gasteiger partial charge on any atom is -0.347 e. The zero-order valence-electron chi connectivity index (χ0n) is 11.3. The van der Waals surface area contributed by atoms with E-state index in [1.165, 1.54) is 24.3 Å². The first-order valence-electron chi connectivity index (χ1n) is 6.27. The van der Waals surface area contributed by atoms with Crippen LogP contribution >= 0.6 is 27.3 Å². The van der Waals surface area contributed by atoms with E-state index in [-0.39, 0.29) is 16.6 Å². The molecular weight excluding hydrogens is 374 g/mol. The van der Waals surface area contributed by atoms with Gasteiger partial charge in [-0.1, -0.05) is 6.92 Å². The molecule has 0 atom stereocenters. The standard InChI is InChI=1S/C14H14BrNO3S2/c1-2-21(18,19)12-6-3-10(4-7-12)14(17)16-9-11-5-8-13(15)20-11/h3-8H,2,9H2,1H3,(H,16,17). The summed E-state index contributed by atoms with van der Waals surface area (Å²) in [6, 6.07) is 9.86. The number of halogens is 1. The molecule has 0 fully saturated rings. The van der Waals surface area contributed by atoms with Crippen LogP contribution in [0.4, 0.5) is 0 Å². The zero-order chi connectivity index (χ0) is 15.5. The van der Waals surface area contributed by atoms with Gasteiger partial charge in [-0.05, 0) is 52.3 Å². The third-order valence-corrected chi connectivity index (χ3v) is 6.28. The van der Waals surface area contributed by atoms with E-state index in [4.69, 9.17) is 0 Å². The largest absolute Gasteiger partial charge is 0.347 e. The number of nitrogens with one attached hydrogen (secondary N) is 1. The summed E-state index contributed by atoms with van der Waals surface area (Å²) in [5.74, 6) is -0.175. The Morgan fingerprint density at radius 2 is 1.86 bits per heavy atom. The zero-order valence-corrected chi connectivity index (χ0v) is 14.5. The van der Waals surface area contributed by atoms with Crippen molar-refractivity contribution in [3.63, 3.8) is 0 Å². The molecule has 0 unspecified atom stereocenters. The highest BCUT2D eigenvalue weighted by atomic mass is 79.9. The van der Waals surface area contributed by atoms with Crippen molar-refractivity contribution in [1.29, 1.82) is 0 Å². The van der Waals surface area contributed by atoms with Crippen molar-refractivity contribution >= 4 is 43.0 Å². The summed E-state index contributed by atoms with van der Waals surface area (Å²) < 4.78 is 24.4. The summed E-state index contributed by atoms with van der Waals surface area (Å²) in [7, 11) is -3.23. The summed E-state index contributed by atoms with van der Waals surface area (Å²) in [5.41, 5.74) is 0.445. The molecule has 1 N–H and O–H groups in total. The van der Waals surface area contributed by atoms with E-state index in [0.717, 1.165) is 8.66 Å². The molecule has 2 rings (SSSR count). The number of thiophene rings is 1. The van der Waals surface area contributed by atoms with E-state index in [9.17, 15) is 13.2 Å². The summed E-state index contributed by atoms with van der Waals surface area (Å²) in [5, 5.41) is 2.80. The second kappa shape index (κ2) is 6.72. The SMILES string of the molecule is CCS(=O)(=O)c1ccc(C(=O)NCc2ccc(Br)s2)cc1. The third kappa shape index (κ3) is 4.15. The van der Waals surface area contributed by atoms with Gasteiger partial charge in [0.05, 0.1) is 21.0 Å². The maximum atomic E-state index is 12.0. The maximum Gasteiger partial charge on any atom is 0.251 e. The van der Waals surface area contributed by atoms with Crippen LogP contribution in [0.15, 0.2) is 45.1 Å². The van der Waals surface area contributed by atoms with Crippen LogP contribution in [0.2, 0.25) is 0 Å². The van der Waals surface area contributed by atoms with Crippen molar-refractivity contribution in [3.05, 3.63) is 50.6 Å². The van der Waals surface area contributed by atoms with Crippen molar-refractivity contribution in [2.75, 3.05) is 5.75 Å². The molecule has 21 heavy (non-hydrogen) atoms. The predicted octanol–water partition coefficient (Wildman–Crippen LogP) is 3.23. The summed E-state index contributed by atoms with van der Waals surface area (Å²) in [4.78, 5) is 13.3. The normalized spacial score (nSPS) is 11.3. The Balaban J connectivity index is 2.03. The van der Waals surface area contributed by atoms with Gasteiger partial charge in [0, 0.05) is 10.4 Å². The molecule has 1 aromatic carbocycles. The van der Waals surface area contributed by atoms with Crippen LogP contribution in [0.25, 0.3) is 0 Å². The van der Waals surface area contributed by atoms with E-state index in [0.29, 0.717) is 12.1 Å². The van der Waals surface area contributed by atoms with E-state index in [1.807, 2.05) is 12.1 Å². The second-order valence-corrected chi connectivity index (χ2v) is 9.14. The van der Waals surface area contributed by atoms with Crippen molar-refractivity contribution in [2.45, 2.75) is 18.4 Å². The molecule has 1 amide bonds. The Kier molecular flexibility index (Phi) is 5.18. The van der Waals surface area contributed by atoms with Crippen molar-refractivity contribution in [1.82, 2.24) is 5.32 Å². The highest BCUT2D eigenvalue weighted by Gasteiger charge is 2.12. The molecule has 0 aliphatic heterocycles. The second-order valence-electron chi connectivity index (χ2n) is 4.32. The van der Waals surface area contributed by atoms with Gasteiger partial charge in [-0.25, -0.2) is 8.42 Å². The number of carbonyl (C=O) groups is 1. The maximum absolute atomic E-state index is 12.0. The molecule has 0 radical (unpaired) electrons. The van der Waals surface area contributed by atoms with Crippen LogP contribution in [0.3, 0.4) is 0 Å². The first kappa shape index (κ1) is 16.2. The average Bonchev–Trinajstić information content (AvgIpc) is 2.90. The van der Waals surface area contributed by atoms with Gasteiger partial charge in [-0.15, -0.1) is 11.3 Å². The Bertz CT molecular complexity index is 736. The number of rotatable bonds is 5. The quantitative estimate of drug-likeness (QED) is 0.856. The van der Waals surface area contributed by atoms with Crippen LogP contribution in [-0.2, 0) is 16.4 Å². The topological polar surface area (TPSA) is 63.2 Å². The molecular formula is C14H14BrNO3S2. The van der Waals surface area contributed by atoms with Crippen molar-refractivity contribution < 1.29 is 13.2 Å². The van der Waals surface area contributed by atoms with Gasteiger partial charge in [0.2, 0.25) is 0 Å². The molecule has 7 heteroatoms. The Labute approximate surface area is 136 Å². The lowest BCUT2D eigenvalue weighted by Gasteiger charge is -2.05. The fraction of sp³-hybridized carbons (Fsp3) is 0.214. The van der Waals surface area contributed by atoms with Crippen molar-refractivity contribution in [3.8, 4) is 0 Å². The van der Waals surface area contributed by atoms with Gasteiger partial charge in [0.25, 0.3) is 5.91 Å². The minimum atomic E-state index is -3.23. The van der Waals surface area contributed by atoms with Gasteiger partial charge in [-0.2, -0.15) is 0 Å². The van der Waals surface area contributed by atoms with Crippen LogP contribution in [0.1, 0.15) is 22.2 Å². The third-order valence-electron chi connectivity index (χ3n) is 2.91. The number of hydrogen-bond donors (Lipinski definition) is 1. The highest BCUT2D eigenvalue weighted by Crippen LogP contribution is 2.21. The first-order valence-corrected chi connectivity index (χ1v) is 9.54. The van der Waals surface area contributed by atoms with Gasteiger partial charge in [-0.3, -0.25) is 4.79 Å². The van der Waals surface area contributed by atoms with Crippen molar-refractivity contribution in [2.24, 2.45) is 0 Å². The Morgan fingerprint density at radius 1 is 1.19 bits per heavy atom. The van der Waals surface area contributed by atoms with E-state index in [1.54, 1.807) is 18.3 Å². The number of amides is 1. The molecule has 0 saturated heterocycles. The van der Waals surface area contributed by atoms with Crippen LogP contribution in [0, 0.1) is 0 Å². The molecule has 1 aromatic heterocycles. The predicted molar refractivity (Wildman–Crippen MR) is 87.4 cm³/mol. The van der Waals surface area contributed by atoms with Gasteiger partial charge in [0.1, 0.15) is 0 Å². The highest BCUT2D eigenvalue weighted by molar-refractivity contribution is 9.11. The lowest BCUT2D eigenvalue weighted by Crippen LogP contribution is -2.22. The van der Waals surface area contributed by atoms with E-state index >= 15 is 0 Å². The molecule has 0 bridgehead atoms. The fourth-order valence-corrected chi connectivity index (χ4v) is 4.00. The molecule has 0 aliphatic rings. The van der Waals surface area contributed by atoms with Crippen LogP contribution in [0.5, 0.6) is 0 Å². The van der Waals surface area contributed by atoms with Gasteiger partial charge < -0.3 is 5.32 Å². The summed E-state index contributed by atoms with van der Waals surface area (Å²) >= 11 is 4.92. The Morgan fingerprint density at radius 3 is 2.38 bits per heavy atom. The fourth-order valence-electron chi connectivity index (χ4n) is 1.70. The lowest BCUT2D eigenvalue weighted by molar-refractivity contribution is 0.0951. The number of carbonyl (C=O) groups excluding carboxylic acids is 1. The average molecular weight is 388 g/mol. The number of hydrogen-bond acceptors (Lipinski definition) is 4. The molecule has 2 aromatic rings.